The van der Waals surface area contributed by atoms with E-state index in [9.17, 15) is 0 Å². The second-order valence-corrected chi connectivity index (χ2v) is 0. The molecule has 0 aromatic heterocycles. The Kier molecular flexibility index (Phi) is 498. The smallest absolute Gasteiger partial charge is 0 e. The zero-order chi connectivity index (χ0) is 0. The molecule has 0 fully saturated rings. The molecular weight excluding hydrogens is 271 g/mol. The Labute approximate surface area is 96.9 Å². The molecular formula is OV5-2. The van der Waals surface area contributed by atoms with E-state index in [0.29, 0.717) is 0 Å². The van der Waals surface area contributed by atoms with Gasteiger partial charge in [0.15, 0.2) is 0 Å². The van der Waals surface area contributed by atoms with E-state index in [1.54, 1.807) is 0 Å². The maximum absolute atomic E-state index is 0. The monoisotopic (exact) mass is 271 g/mol. The van der Waals surface area contributed by atoms with Crippen molar-refractivity contribution in [2.24, 2.45) is 0 Å². The van der Waals surface area contributed by atoms with Crippen molar-refractivity contribution in [3.63, 3.8) is 0 Å². The van der Waals surface area contributed by atoms with E-state index >= 15 is 0 Å². The molecule has 6 heteroatoms. The minimum atomic E-state index is 0. The van der Waals surface area contributed by atoms with Crippen molar-refractivity contribution < 1.29 is 98.3 Å². The molecule has 0 saturated heterocycles. The van der Waals surface area contributed by atoms with Crippen LogP contribution in [-0.2, 0) is 98.3 Å². The molecule has 5 radical (unpaired) electrons. The van der Waals surface area contributed by atoms with Crippen LogP contribution in [-0.4, -0.2) is 0 Å². The van der Waals surface area contributed by atoms with Crippen LogP contribution in [0.4, 0.5) is 0 Å². The van der Waals surface area contributed by atoms with Gasteiger partial charge in [-0.3, -0.25) is 0 Å². The first-order valence-corrected chi connectivity index (χ1v) is 0. The Balaban J connectivity index is 0. The van der Waals surface area contributed by atoms with Crippen LogP contribution in [0.3, 0.4) is 0 Å². The average molecular weight is 271 g/mol. The molecule has 0 atom stereocenters. The van der Waals surface area contributed by atoms with Gasteiger partial charge >= 0.3 is 0 Å². The van der Waals surface area contributed by atoms with E-state index in [-0.39, 0.29) is 98.3 Å². The van der Waals surface area contributed by atoms with Crippen LogP contribution in [0.15, 0.2) is 0 Å². The van der Waals surface area contributed by atoms with Gasteiger partial charge < -0.3 is 5.48 Å². The SMILES string of the molecule is [O-2].[V].[V].[V].[V].[V]. The fraction of sp³-hybridized carbons (Fsp3) is 0. The quantitative estimate of drug-likeness (QED) is 0.587. The maximum Gasteiger partial charge on any atom is 0 e. The first-order valence-electron chi connectivity index (χ1n) is 0. The Morgan fingerprint density at radius 1 is 0.333 bits per heavy atom. The van der Waals surface area contributed by atoms with Gasteiger partial charge in [0.2, 0.25) is 0 Å². The summed E-state index contributed by atoms with van der Waals surface area (Å²) in [6.07, 6.45) is 0. The van der Waals surface area contributed by atoms with Crippen LogP contribution in [0.5, 0.6) is 0 Å². The molecule has 0 aromatic carbocycles. The molecule has 0 rings (SSSR count). The molecule has 0 bridgehead atoms. The minimum absolute atomic E-state index is 0. The zero-order valence-corrected chi connectivity index (χ0v) is 9.63. The summed E-state index contributed by atoms with van der Waals surface area (Å²) in [5.74, 6) is 0. The third-order valence-electron chi connectivity index (χ3n) is 0. The van der Waals surface area contributed by atoms with Gasteiger partial charge in [-0.25, -0.2) is 0 Å². The largest absolute Gasteiger partial charge is 2.00 e. The molecule has 0 spiro atoms. The molecule has 0 unspecified atom stereocenters. The Bertz CT molecular complexity index is 3.90. The number of hydrogen-bond acceptors (Lipinski definition) is 0. The maximum atomic E-state index is 0. The molecule has 0 aliphatic rings. The van der Waals surface area contributed by atoms with Crippen LogP contribution in [0.1, 0.15) is 0 Å². The summed E-state index contributed by atoms with van der Waals surface area (Å²) in [5.41, 5.74) is 0. The standard InChI is InChI=1S/O.5V/q-2;;;;;. The van der Waals surface area contributed by atoms with Gasteiger partial charge in [0.1, 0.15) is 0 Å². The third kappa shape index (κ3) is 28.7. The van der Waals surface area contributed by atoms with Crippen molar-refractivity contribution >= 4 is 0 Å². The summed E-state index contributed by atoms with van der Waals surface area (Å²) in [4.78, 5) is 0. The zero-order valence-electron chi connectivity index (χ0n) is 2.64. The van der Waals surface area contributed by atoms with Crippen LogP contribution in [0.25, 0.3) is 0 Å². The molecule has 0 aromatic rings. The van der Waals surface area contributed by atoms with Gasteiger partial charge in [-0.2, -0.15) is 0 Å². The van der Waals surface area contributed by atoms with Crippen LogP contribution >= 0.6 is 0 Å². The fourth-order valence-electron chi connectivity index (χ4n) is 0. The Hall–Kier alpha value is 2.88. The van der Waals surface area contributed by atoms with Crippen molar-refractivity contribution in [3.05, 3.63) is 0 Å². The number of hydrogen-bond donors (Lipinski definition) is 0. The molecule has 0 N–H and O–H groups in total. The van der Waals surface area contributed by atoms with Crippen molar-refractivity contribution in [2.75, 3.05) is 0 Å². The normalized spacial score (nSPS) is 0. The molecule has 1 nitrogen and oxygen atoms in total. The van der Waals surface area contributed by atoms with Crippen LogP contribution in [0.2, 0.25) is 0 Å². The van der Waals surface area contributed by atoms with Gasteiger partial charge in [0.05, 0.1) is 0 Å². The summed E-state index contributed by atoms with van der Waals surface area (Å²) in [6, 6.07) is 0. The van der Waals surface area contributed by atoms with E-state index in [4.69, 9.17) is 0 Å². The summed E-state index contributed by atoms with van der Waals surface area (Å²) in [7, 11) is 0. The molecule has 0 heterocycles. The van der Waals surface area contributed by atoms with Crippen molar-refractivity contribution in [1.29, 1.82) is 0 Å². The number of rotatable bonds is 0. The second kappa shape index (κ2) is 44.9. The van der Waals surface area contributed by atoms with E-state index in [1.807, 2.05) is 0 Å². The molecule has 0 aliphatic carbocycles. The van der Waals surface area contributed by atoms with Crippen molar-refractivity contribution in [3.8, 4) is 0 Å². The van der Waals surface area contributed by atoms with Crippen molar-refractivity contribution in [2.45, 2.75) is 0 Å². The first-order chi connectivity index (χ1) is 0. The Morgan fingerprint density at radius 3 is 0.333 bits per heavy atom. The van der Waals surface area contributed by atoms with E-state index in [0.717, 1.165) is 0 Å². The van der Waals surface area contributed by atoms with Gasteiger partial charge in [-0.15, -0.1) is 0 Å². The van der Waals surface area contributed by atoms with Crippen LogP contribution in [0, 0.1) is 0 Å². The summed E-state index contributed by atoms with van der Waals surface area (Å²) < 4.78 is 0. The van der Waals surface area contributed by atoms with Gasteiger partial charge in [0, 0.05) is 92.8 Å². The van der Waals surface area contributed by atoms with Crippen molar-refractivity contribution in [1.82, 2.24) is 0 Å². The van der Waals surface area contributed by atoms with Crippen LogP contribution < -0.4 is 0 Å². The first kappa shape index (κ1) is 66.4. The topological polar surface area (TPSA) is 28.5 Å². The van der Waals surface area contributed by atoms with E-state index in [1.165, 1.54) is 0 Å². The predicted molar refractivity (Wildman–Crippen MR) is 0.686 cm³/mol. The molecule has 0 aliphatic heterocycles. The Morgan fingerprint density at radius 2 is 0.333 bits per heavy atom. The van der Waals surface area contributed by atoms with Gasteiger partial charge in [0.25, 0.3) is 0 Å². The molecule has 6 heavy (non-hydrogen) atoms. The summed E-state index contributed by atoms with van der Waals surface area (Å²) in [6.45, 7) is 0. The fourth-order valence-corrected chi connectivity index (χ4v) is 0. The average Bonchev–Trinajstić information content (AvgIpc) is 0. The van der Waals surface area contributed by atoms with E-state index in [2.05, 4.69) is 0 Å². The third-order valence-corrected chi connectivity index (χ3v) is 0. The molecule has 33 valence electrons. The molecule has 0 amide bonds. The van der Waals surface area contributed by atoms with Gasteiger partial charge in [-0.1, -0.05) is 0 Å². The molecule has 0 saturated carbocycles. The van der Waals surface area contributed by atoms with E-state index < -0.39 is 0 Å². The van der Waals surface area contributed by atoms with Gasteiger partial charge in [-0.05, 0) is 0 Å². The summed E-state index contributed by atoms with van der Waals surface area (Å²) >= 11 is 0. The minimum Gasteiger partial charge on any atom is -2.00 e. The summed E-state index contributed by atoms with van der Waals surface area (Å²) in [5, 5.41) is 0. The predicted octanol–water partition coefficient (Wildman–Crippen LogP) is -0.131. The second-order valence-electron chi connectivity index (χ2n) is 0.